The van der Waals surface area contributed by atoms with E-state index in [1.165, 1.54) is 4.31 Å². The Morgan fingerprint density at radius 1 is 0.848 bits per heavy atom. The fourth-order valence-corrected chi connectivity index (χ4v) is 5.85. The van der Waals surface area contributed by atoms with Crippen molar-refractivity contribution in [3.05, 3.63) is 41.5 Å². The number of halogens is 1. The first kappa shape index (κ1) is 25.4. The van der Waals surface area contributed by atoms with E-state index in [0.29, 0.717) is 30.2 Å². The molecular formula is C23H32ClN3O5S. The monoisotopic (exact) mass is 497 g/mol. The van der Waals surface area contributed by atoms with Gasteiger partial charge in [-0.25, -0.2) is 8.42 Å². The number of nitrogens with zero attached hydrogens (tertiary/aromatic N) is 3. The van der Waals surface area contributed by atoms with E-state index in [2.05, 4.69) is 16.8 Å². The predicted molar refractivity (Wildman–Crippen MR) is 131 cm³/mol. The molecule has 2 aromatic carbocycles. The van der Waals surface area contributed by atoms with Crippen LogP contribution in [0.3, 0.4) is 0 Å². The summed E-state index contributed by atoms with van der Waals surface area (Å²) < 4.78 is 45.3. The van der Waals surface area contributed by atoms with Gasteiger partial charge in [0, 0.05) is 44.8 Å². The van der Waals surface area contributed by atoms with Crippen molar-refractivity contribution in [3.63, 3.8) is 0 Å². The first-order valence-corrected chi connectivity index (χ1v) is 12.2. The third kappa shape index (κ3) is 4.87. The number of ether oxygens (including phenoxy) is 3. The van der Waals surface area contributed by atoms with Crippen molar-refractivity contribution in [2.75, 3.05) is 66.0 Å². The highest BCUT2D eigenvalue weighted by molar-refractivity contribution is 7.89. The summed E-state index contributed by atoms with van der Waals surface area (Å²) in [5, 5.41) is 0. The normalized spacial score (nSPS) is 17.2. The highest BCUT2D eigenvalue weighted by atomic mass is 35.5. The Kier molecular flexibility index (Phi) is 8.00. The molecule has 182 valence electrons. The number of piperazine rings is 1. The van der Waals surface area contributed by atoms with Crippen LogP contribution in [0.25, 0.3) is 0 Å². The van der Waals surface area contributed by atoms with E-state index in [1.807, 2.05) is 12.1 Å². The zero-order valence-corrected chi connectivity index (χ0v) is 21.2. The van der Waals surface area contributed by atoms with Crippen molar-refractivity contribution < 1.29 is 22.6 Å². The van der Waals surface area contributed by atoms with Crippen LogP contribution in [0.4, 0.5) is 5.69 Å². The molecule has 4 rings (SSSR count). The summed E-state index contributed by atoms with van der Waals surface area (Å²) in [6.07, 6.45) is 0.621. The lowest BCUT2D eigenvalue weighted by Gasteiger charge is -2.35. The summed E-state index contributed by atoms with van der Waals surface area (Å²) in [7, 11) is 3.17. The molecular weight excluding hydrogens is 466 g/mol. The Balaban J connectivity index is 0.00000306. The fraction of sp³-hybridized carbons (Fsp3) is 0.478. The molecule has 1 saturated heterocycles. The summed E-state index contributed by atoms with van der Waals surface area (Å²) in [5.74, 6) is 1.88. The molecule has 0 spiro atoms. The smallest absolute Gasteiger partial charge is 0.243 e. The molecule has 8 nitrogen and oxygen atoms in total. The number of likely N-dealkylation sites (N-methyl/N-ethyl adjacent to an activating group) is 1. The van der Waals surface area contributed by atoms with Gasteiger partial charge in [0.2, 0.25) is 10.0 Å². The van der Waals surface area contributed by atoms with Gasteiger partial charge in [0.25, 0.3) is 0 Å². The van der Waals surface area contributed by atoms with Gasteiger partial charge in [0.1, 0.15) is 5.75 Å². The predicted octanol–water partition coefficient (Wildman–Crippen LogP) is 2.63. The highest BCUT2D eigenvalue weighted by Gasteiger charge is 2.32. The number of hydrogen-bond donors (Lipinski definition) is 0. The van der Waals surface area contributed by atoms with Crippen molar-refractivity contribution in [2.45, 2.75) is 17.9 Å². The van der Waals surface area contributed by atoms with Crippen LogP contribution < -0.4 is 19.1 Å². The van der Waals surface area contributed by atoms with Crippen molar-refractivity contribution in [3.8, 4) is 17.2 Å². The third-order valence-corrected chi connectivity index (χ3v) is 8.18. The van der Waals surface area contributed by atoms with E-state index in [0.717, 1.165) is 43.0 Å². The van der Waals surface area contributed by atoms with Crippen molar-refractivity contribution in [1.82, 2.24) is 9.21 Å². The van der Waals surface area contributed by atoms with E-state index in [4.69, 9.17) is 14.2 Å². The van der Waals surface area contributed by atoms with Gasteiger partial charge < -0.3 is 24.0 Å². The molecule has 0 bridgehead atoms. The van der Waals surface area contributed by atoms with Crippen molar-refractivity contribution in [1.29, 1.82) is 0 Å². The summed E-state index contributed by atoms with van der Waals surface area (Å²) in [6.45, 7) is 4.15. The fourth-order valence-electron chi connectivity index (χ4n) is 4.42. The van der Waals surface area contributed by atoms with E-state index < -0.39 is 10.0 Å². The molecule has 0 unspecified atom stereocenters. The van der Waals surface area contributed by atoms with Gasteiger partial charge in [-0.3, -0.25) is 0 Å². The number of hydrogen-bond acceptors (Lipinski definition) is 7. The maximum atomic E-state index is 13.6. The lowest BCUT2D eigenvalue weighted by atomic mass is 9.99. The molecule has 2 heterocycles. The lowest BCUT2D eigenvalue weighted by molar-refractivity contribution is 0.311. The van der Waals surface area contributed by atoms with Crippen LogP contribution in [0.15, 0.2) is 35.2 Å². The number of anilines is 1. The molecule has 2 aliphatic rings. The maximum absolute atomic E-state index is 13.6. The molecule has 2 aromatic rings. The zero-order chi connectivity index (χ0) is 22.9. The molecule has 0 amide bonds. The van der Waals surface area contributed by atoms with Crippen molar-refractivity contribution in [2.24, 2.45) is 0 Å². The Bertz CT molecular complexity index is 1090. The zero-order valence-electron chi connectivity index (χ0n) is 19.5. The van der Waals surface area contributed by atoms with E-state index in [9.17, 15) is 8.42 Å². The van der Waals surface area contributed by atoms with Crippen LogP contribution in [0.5, 0.6) is 17.2 Å². The minimum atomic E-state index is -3.70. The topological polar surface area (TPSA) is 71.5 Å². The summed E-state index contributed by atoms with van der Waals surface area (Å²) >= 11 is 0. The average Bonchev–Trinajstić information content (AvgIpc) is 2.82. The van der Waals surface area contributed by atoms with Gasteiger partial charge in [0.05, 0.1) is 31.9 Å². The molecule has 0 radical (unpaired) electrons. The minimum absolute atomic E-state index is 0. The van der Waals surface area contributed by atoms with Crippen LogP contribution >= 0.6 is 12.4 Å². The first-order valence-electron chi connectivity index (χ1n) is 10.7. The molecule has 0 aliphatic carbocycles. The van der Waals surface area contributed by atoms with Gasteiger partial charge in [-0.2, -0.15) is 4.31 Å². The Hall–Kier alpha value is -2.20. The van der Waals surface area contributed by atoms with Crippen LogP contribution in [-0.4, -0.2) is 78.7 Å². The van der Waals surface area contributed by atoms with Gasteiger partial charge in [-0.05, 0) is 43.3 Å². The summed E-state index contributed by atoms with van der Waals surface area (Å²) in [4.78, 5) is 4.73. The molecule has 0 N–H and O–H groups in total. The second-order valence-electron chi connectivity index (χ2n) is 8.15. The van der Waals surface area contributed by atoms with Crippen molar-refractivity contribution >= 4 is 28.1 Å². The minimum Gasteiger partial charge on any atom is -0.495 e. The second kappa shape index (κ2) is 10.4. The largest absolute Gasteiger partial charge is 0.495 e. The second-order valence-corrected chi connectivity index (χ2v) is 10.1. The quantitative estimate of drug-likeness (QED) is 0.607. The number of sulfonamides is 1. The maximum Gasteiger partial charge on any atom is 0.243 e. The molecule has 0 aromatic heterocycles. The Morgan fingerprint density at radius 2 is 1.52 bits per heavy atom. The van der Waals surface area contributed by atoms with Gasteiger partial charge in [-0.1, -0.05) is 6.07 Å². The number of rotatable bonds is 6. The highest BCUT2D eigenvalue weighted by Crippen LogP contribution is 2.39. The molecule has 1 fully saturated rings. The van der Waals surface area contributed by atoms with Crippen LogP contribution in [0.2, 0.25) is 0 Å². The molecule has 10 heteroatoms. The van der Waals surface area contributed by atoms with Gasteiger partial charge >= 0.3 is 0 Å². The molecule has 2 aliphatic heterocycles. The van der Waals surface area contributed by atoms with Crippen LogP contribution in [-0.2, 0) is 23.0 Å². The standard InChI is InChI=1S/C23H31N3O5S.ClH/c1-24-11-13-25(14-12-24)20-15-18(6-8-21(20)29-2)32(27,28)26-10-9-17-5-7-22(30-3)23(31-4)19(17)16-26;/h5-8,15H,9-14,16H2,1-4H3;1H. The molecule has 0 saturated carbocycles. The third-order valence-electron chi connectivity index (χ3n) is 6.34. The number of fused-ring (bicyclic) bond motifs is 1. The Labute approximate surface area is 202 Å². The Morgan fingerprint density at radius 3 is 2.15 bits per heavy atom. The van der Waals surface area contributed by atoms with Crippen LogP contribution in [0.1, 0.15) is 11.1 Å². The lowest BCUT2D eigenvalue weighted by Crippen LogP contribution is -2.44. The van der Waals surface area contributed by atoms with E-state index in [-0.39, 0.29) is 23.8 Å². The van der Waals surface area contributed by atoms with Crippen LogP contribution in [0, 0.1) is 0 Å². The molecule has 33 heavy (non-hydrogen) atoms. The first-order chi connectivity index (χ1) is 15.4. The van der Waals surface area contributed by atoms with Gasteiger partial charge in [0.15, 0.2) is 11.5 Å². The average molecular weight is 498 g/mol. The van der Waals surface area contributed by atoms with E-state index in [1.54, 1.807) is 39.5 Å². The number of methoxy groups -OCH3 is 3. The molecule has 0 atom stereocenters. The SMILES string of the molecule is COc1ccc(S(=O)(=O)N2CCc3ccc(OC)c(OC)c3C2)cc1N1CCN(C)CC1.Cl. The van der Waals surface area contributed by atoms with Gasteiger partial charge in [-0.15, -0.1) is 12.4 Å². The van der Waals surface area contributed by atoms with E-state index >= 15 is 0 Å². The number of benzene rings is 2. The summed E-state index contributed by atoms with van der Waals surface area (Å²) in [5.41, 5.74) is 2.76. The summed E-state index contributed by atoms with van der Waals surface area (Å²) in [6, 6.07) is 8.99.